The number of hydrogen-bond acceptors (Lipinski definition) is 15. The summed E-state index contributed by atoms with van der Waals surface area (Å²) >= 11 is 0. The fourth-order valence-electron chi connectivity index (χ4n) is 9.79. The Morgan fingerprint density at radius 1 is 0.952 bits per heavy atom. The molecule has 0 aromatic heterocycles. The summed E-state index contributed by atoms with van der Waals surface area (Å²) in [7, 11) is 0. The molecule has 3 fully saturated rings. The van der Waals surface area contributed by atoms with Crippen LogP contribution >= 0.6 is 0 Å². The van der Waals surface area contributed by atoms with Gasteiger partial charge in [0.1, 0.15) is 23.9 Å². The van der Waals surface area contributed by atoms with Gasteiger partial charge in [0.2, 0.25) is 0 Å². The van der Waals surface area contributed by atoms with Crippen molar-refractivity contribution in [1.29, 1.82) is 0 Å². The van der Waals surface area contributed by atoms with Crippen LogP contribution in [0.3, 0.4) is 0 Å². The number of alkyl carbamates (subject to hydrolysis) is 1. The van der Waals surface area contributed by atoms with Crippen molar-refractivity contribution in [2.24, 2.45) is 16.7 Å². The second kappa shape index (κ2) is 16.6. The second-order valence-corrected chi connectivity index (χ2v) is 17.7. The molecule has 1 saturated heterocycles. The highest BCUT2D eigenvalue weighted by Gasteiger charge is 2.78. The highest BCUT2D eigenvalue weighted by molar-refractivity contribution is 5.95. The smallest absolute Gasteiger partial charge is 0.409 e. The molecule has 0 radical (unpaired) electrons. The largest absolute Gasteiger partial charge is 0.456 e. The quantitative estimate of drug-likeness (QED) is 0.116. The van der Waals surface area contributed by atoms with Gasteiger partial charge in [-0.15, -0.1) is 6.42 Å². The summed E-state index contributed by atoms with van der Waals surface area (Å²) in [6.07, 6.45) is -6.32. The Balaban J connectivity index is 1.53. The summed E-state index contributed by atoms with van der Waals surface area (Å²) < 4.78 is 35.5. The van der Waals surface area contributed by atoms with Crippen LogP contribution < -0.4 is 5.32 Å². The SMILES string of the molecule is C#CC(C)(C)OC(=O)N[C@@H](c1ccccc1)[C@@H](O)C(=O)O[C@H]1C[C@@]2(O)[C@@H](OC(=O)c3ccccc3)[C@@H]3[C@]4(OC(C)=O)CO[C@@H]4C[C@H](O)[C@@]3(C)C(=O)[C@H](OC(C)=O)C(=C1C)C2(C)C. The number of fused-ring (bicyclic) bond motifs is 5. The zero-order chi connectivity index (χ0) is 45.7. The summed E-state index contributed by atoms with van der Waals surface area (Å²) in [5.41, 5.74) is -8.89. The Morgan fingerprint density at radius 2 is 1.56 bits per heavy atom. The van der Waals surface area contributed by atoms with Crippen LogP contribution in [0.1, 0.15) is 90.2 Å². The maximum Gasteiger partial charge on any atom is 0.409 e. The number of nitrogens with one attached hydrogen (secondary N) is 1. The number of benzene rings is 2. The second-order valence-electron chi connectivity index (χ2n) is 17.7. The standard InChI is InChI=1S/C46H53NO15/c1-10-42(5,6)62-41(55)47-33(27-17-13-11-14-18-27)34(51)40(54)59-29-22-46(56)38(60-39(53)28-19-15-12-16-20-28)36-44(9,30(50)21-31-45(36,23-57-31)61-26(4)49)37(52)35(58-25(3)48)32(24(29)2)43(46,7)8/h1,11-20,29-31,33-36,38,50-51,56H,21-23H2,2-9H3,(H,47,55)/t29-,30-,31+,33-,34+,35+,36-,38-,44+,45-,46+/m0/s1. The van der Waals surface area contributed by atoms with Gasteiger partial charge in [-0.2, -0.15) is 0 Å². The number of aliphatic hydroxyl groups is 3. The molecule has 16 heteroatoms. The lowest BCUT2D eigenvalue weighted by Gasteiger charge is -2.67. The van der Waals surface area contributed by atoms with E-state index in [0.717, 1.165) is 13.8 Å². The molecule has 4 N–H and O–H groups in total. The minimum atomic E-state index is -2.42. The van der Waals surface area contributed by atoms with Crippen LogP contribution in [0.5, 0.6) is 0 Å². The van der Waals surface area contributed by atoms with Crippen molar-refractivity contribution in [3.63, 3.8) is 0 Å². The van der Waals surface area contributed by atoms with Gasteiger partial charge in [-0.3, -0.25) is 14.4 Å². The molecule has 2 aromatic rings. The molecule has 4 aliphatic rings. The van der Waals surface area contributed by atoms with Crippen LogP contribution in [0.4, 0.5) is 4.79 Å². The molecule has 16 nitrogen and oxygen atoms in total. The van der Waals surface area contributed by atoms with Crippen LogP contribution in [0.15, 0.2) is 71.8 Å². The van der Waals surface area contributed by atoms with Crippen molar-refractivity contribution in [3.8, 4) is 12.3 Å². The number of rotatable bonds is 10. The number of esters is 4. The minimum Gasteiger partial charge on any atom is -0.456 e. The number of Topliss-reactive ketones (excluding diaryl/α,β-unsaturated/α-hetero) is 1. The molecule has 1 aliphatic heterocycles. The van der Waals surface area contributed by atoms with Gasteiger partial charge in [0, 0.05) is 32.1 Å². The third-order valence-corrected chi connectivity index (χ3v) is 13.1. The molecular formula is C46H53NO15. The lowest BCUT2D eigenvalue weighted by molar-refractivity contribution is -0.346. The average molecular weight is 860 g/mol. The first-order chi connectivity index (χ1) is 28.9. The Kier molecular flexibility index (Phi) is 12.3. The number of carbonyl (C=O) groups is 6. The first kappa shape index (κ1) is 45.9. The van der Waals surface area contributed by atoms with E-state index in [-0.39, 0.29) is 35.3 Å². The lowest BCUT2D eigenvalue weighted by Crippen LogP contribution is -2.82. The third kappa shape index (κ3) is 7.76. The van der Waals surface area contributed by atoms with Crippen LogP contribution in [0.2, 0.25) is 0 Å². The first-order valence-electron chi connectivity index (χ1n) is 20.3. The monoisotopic (exact) mass is 859 g/mol. The average Bonchev–Trinajstić information content (AvgIpc) is 3.20. The highest BCUT2D eigenvalue weighted by atomic mass is 16.6. The molecular weight excluding hydrogens is 806 g/mol. The normalized spacial score (nSPS) is 32.0. The Morgan fingerprint density at radius 3 is 2.11 bits per heavy atom. The molecule has 1 amide bonds. The van der Waals surface area contributed by atoms with E-state index in [2.05, 4.69) is 11.2 Å². The molecule has 2 saturated carbocycles. The van der Waals surface area contributed by atoms with Crippen molar-refractivity contribution in [2.75, 3.05) is 6.61 Å². The van der Waals surface area contributed by atoms with Crippen LogP contribution in [-0.2, 0) is 47.6 Å². The van der Waals surface area contributed by atoms with Crippen molar-refractivity contribution in [1.82, 2.24) is 5.32 Å². The molecule has 11 atom stereocenters. The number of ketones is 1. The highest BCUT2D eigenvalue weighted by Crippen LogP contribution is 2.64. The molecule has 2 aromatic carbocycles. The van der Waals surface area contributed by atoms with E-state index < -0.39 is 118 Å². The molecule has 6 rings (SSSR count). The number of ether oxygens (including phenoxy) is 6. The molecule has 1 heterocycles. The maximum atomic E-state index is 15.5. The predicted molar refractivity (Wildman–Crippen MR) is 216 cm³/mol. The van der Waals surface area contributed by atoms with Gasteiger partial charge >= 0.3 is 30.0 Å². The lowest BCUT2D eigenvalue weighted by atomic mass is 9.44. The van der Waals surface area contributed by atoms with Crippen molar-refractivity contribution in [3.05, 3.63) is 82.9 Å². The molecule has 332 valence electrons. The van der Waals surface area contributed by atoms with E-state index in [1.807, 2.05) is 0 Å². The summed E-state index contributed by atoms with van der Waals surface area (Å²) in [4.78, 5) is 83.0. The van der Waals surface area contributed by atoms with Gasteiger partial charge in [-0.1, -0.05) is 68.3 Å². The zero-order valence-electron chi connectivity index (χ0n) is 35.8. The molecule has 0 spiro atoms. The summed E-state index contributed by atoms with van der Waals surface area (Å²) in [5, 5.41) is 39.9. The van der Waals surface area contributed by atoms with Crippen LogP contribution in [-0.4, -0.2) is 111 Å². The number of carbonyl (C=O) groups excluding carboxylic acids is 6. The van der Waals surface area contributed by atoms with Gasteiger partial charge in [0.15, 0.2) is 29.2 Å². The van der Waals surface area contributed by atoms with E-state index in [4.69, 9.17) is 34.8 Å². The first-order valence-corrected chi connectivity index (χ1v) is 20.3. The van der Waals surface area contributed by atoms with Gasteiger partial charge < -0.3 is 49.1 Å². The van der Waals surface area contributed by atoms with Gasteiger partial charge in [0.05, 0.1) is 35.6 Å². The number of aliphatic hydroxyl groups excluding tert-OH is 2. The van der Waals surface area contributed by atoms with Gasteiger partial charge in [-0.05, 0) is 56.5 Å². The third-order valence-electron chi connectivity index (χ3n) is 13.1. The maximum absolute atomic E-state index is 15.5. The summed E-state index contributed by atoms with van der Waals surface area (Å²) in [6.45, 7) is 10.8. The number of terminal acetylenes is 1. The predicted octanol–water partition coefficient (Wildman–Crippen LogP) is 3.44. The van der Waals surface area contributed by atoms with E-state index in [0.29, 0.717) is 0 Å². The fourth-order valence-corrected chi connectivity index (χ4v) is 9.79. The van der Waals surface area contributed by atoms with Crippen LogP contribution in [0.25, 0.3) is 0 Å². The Bertz CT molecular complexity index is 2200. The van der Waals surface area contributed by atoms with E-state index in [1.165, 1.54) is 52.0 Å². The zero-order valence-corrected chi connectivity index (χ0v) is 35.8. The number of hydrogen-bond donors (Lipinski definition) is 4. The molecule has 2 bridgehead atoms. The Hall–Kier alpha value is -5.60. The van der Waals surface area contributed by atoms with E-state index in [1.54, 1.807) is 50.2 Å². The van der Waals surface area contributed by atoms with Gasteiger partial charge in [0.25, 0.3) is 0 Å². The summed E-state index contributed by atoms with van der Waals surface area (Å²) in [6, 6.07) is 14.3. The van der Waals surface area contributed by atoms with E-state index in [9.17, 15) is 39.3 Å². The topological polar surface area (TPSA) is 231 Å². The van der Waals surface area contributed by atoms with Crippen molar-refractivity contribution in [2.45, 2.75) is 128 Å². The van der Waals surface area contributed by atoms with E-state index >= 15 is 4.79 Å². The summed E-state index contributed by atoms with van der Waals surface area (Å²) in [5.74, 6) is -4.08. The fraction of sp³-hybridized carbons (Fsp3) is 0.522. The molecule has 3 aliphatic carbocycles. The minimum absolute atomic E-state index is 0.0299. The number of amides is 1. The Labute approximate surface area is 359 Å². The van der Waals surface area contributed by atoms with Gasteiger partial charge in [-0.25, -0.2) is 14.4 Å². The molecule has 0 unspecified atom stereocenters. The van der Waals surface area contributed by atoms with Crippen molar-refractivity contribution >= 4 is 35.8 Å². The van der Waals surface area contributed by atoms with Crippen molar-refractivity contribution < 1.29 is 72.5 Å². The molecule has 62 heavy (non-hydrogen) atoms. The van der Waals surface area contributed by atoms with Crippen LogP contribution in [0, 0.1) is 29.1 Å².